The maximum absolute atomic E-state index is 11.0. The molecule has 4 rings (SSSR count). The molecule has 1 aliphatic heterocycles. The zero-order valence-corrected chi connectivity index (χ0v) is 14.4. The number of thiophene rings is 1. The van der Waals surface area contributed by atoms with E-state index in [1.54, 1.807) is 6.07 Å². The van der Waals surface area contributed by atoms with Crippen molar-refractivity contribution in [2.24, 2.45) is 0 Å². The molecule has 5 nitrogen and oxygen atoms in total. The molecule has 126 valence electrons. The number of aromatic nitrogens is 2. The van der Waals surface area contributed by atoms with Crippen molar-refractivity contribution in [3.63, 3.8) is 0 Å². The summed E-state index contributed by atoms with van der Waals surface area (Å²) in [4.78, 5) is 24.0. The van der Waals surface area contributed by atoms with Gasteiger partial charge in [0.2, 0.25) is 0 Å². The van der Waals surface area contributed by atoms with Gasteiger partial charge in [-0.15, -0.1) is 11.3 Å². The summed E-state index contributed by atoms with van der Waals surface area (Å²) >= 11 is 1.34. The van der Waals surface area contributed by atoms with Gasteiger partial charge >= 0.3 is 5.97 Å². The molecular formula is C19H17N3O2S. The van der Waals surface area contributed by atoms with Crippen LogP contribution in [0.4, 0.5) is 0 Å². The van der Waals surface area contributed by atoms with Gasteiger partial charge in [-0.3, -0.25) is 4.90 Å². The van der Waals surface area contributed by atoms with E-state index < -0.39 is 5.97 Å². The lowest BCUT2D eigenvalue weighted by molar-refractivity contribution is 0.0702. The van der Waals surface area contributed by atoms with Crippen molar-refractivity contribution < 1.29 is 9.90 Å². The molecule has 0 saturated heterocycles. The molecule has 0 unspecified atom stereocenters. The van der Waals surface area contributed by atoms with Crippen molar-refractivity contribution in [1.82, 2.24) is 14.9 Å². The molecular weight excluding hydrogens is 334 g/mol. The summed E-state index contributed by atoms with van der Waals surface area (Å²) in [6.07, 6.45) is 2.81. The van der Waals surface area contributed by atoms with Gasteiger partial charge in [0.25, 0.3) is 0 Å². The molecule has 0 fully saturated rings. The smallest absolute Gasteiger partial charge is 0.345 e. The first-order chi connectivity index (χ1) is 12.2. The third kappa shape index (κ3) is 3.45. The fourth-order valence-electron chi connectivity index (χ4n) is 3.03. The molecule has 25 heavy (non-hydrogen) atoms. The van der Waals surface area contributed by atoms with Crippen molar-refractivity contribution in [3.05, 3.63) is 69.7 Å². The van der Waals surface area contributed by atoms with Crippen LogP contribution in [0, 0.1) is 0 Å². The van der Waals surface area contributed by atoms with Gasteiger partial charge in [-0.2, -0.15) is 0 Å². The summed E-state index contributed by atoms with van der Waals surface area (Å²) in [7, 11) is 0. The summed E-state index contributed by atoms with van der Waals surface area (Å²) < 4.78 is 0. The Hall–Kier alpha value is -2.57. The summed E-state index contributed by atoms with van der Waals surface area (Å²) in [5.74, 6) is -0.0840. The quantitative estimate of drug-likeness (QED) is 0.780. The molecule has 0 aliphatic carbocycles. The number of carboxylic acid groups (broad SMARTS) is 1. The molecule has 3 aromatic rings. The lowest BCUT2D eigenvalue weighted by Gasteiger charge is -2.27. The van der Waals surface area contributed by atoms with Crippen LogP contribution in [0.5, 0.6) is 0 Å². The van der Waals surface area contributed by atoms with Gasteiger partial charge in [0.1, 0.15) is 4.88 Å². The third-order valence-electron chi connectivity index (χ3n) is 4.30. The summed E-state index contributed by atoms with van der Waals surface area (Å²) in [6.45, 7) is 2.47. The molecule has 0 atom stereocenters. The fraction of sp³-hybridized carbons (Fsp3) is 0.211. The lowest BCUT2D eigenvalue weighted by atomic mass is 10.1. The highest BCUT2D eigenvalue weighted by atomic mass is 32.1. The standard InChI is InChI=1S/C19H17N3O2S/c23-19(24)17-7-6-15(25-17)12-22-9-8-16-14(11-22)10-20-18(21-16)13-4-2-1-3-5-13/h1-7,10H,8-9,11-12H2,(H,23,24). The molecule has 1 aliphatic rings. The molecule has 2 aromatic heterocycles. The number of carbonyl (C=O) groups is 1. The van der Waals surface area contributed by atoms with E-state index in [2.05, 4.69) is 9.88 Å². The molecule has 1 N–H and O–H groups in total. The summed E-state index contributed by atoms with van der Waals surface area (Å²) in [6, 6.07) is 13.6. The number of hydrogen-bond acceptors (Lipinski definition) is 5. The Morgan fingerprint density at radius 1 is 1.20 bits per heavy atom. The Bertz CT molecular complexity index is 908. The average Bonchev–Trinajstić information content (AvgIpc) is 3.11. The Morgan fingerprint density at radius 3 is 2.80 bits per heavy atom. The van der Waals surface area contributed by atoms with E-state index >= 15 is 0 Å². The predicted octanol–water partition coefficient (Wildman–Crippen LogP) is 3.46. The Labute approximate surface area is 149 Å². The summed E-state index contributed by atoms with van der Waals surface area (Å²) in [5.41, 5.74) is 3.30. The minimum absolute atomic E-state index is 0.392. The van der Waals surface area contributed by atoms with Crippen LogP contribution in [0.15, 0.2) is 48.7 Å². The van der Waals surface area contributed by atoms with Crippen LogP contribution in [-0.4, -0.2) is 32.5 Å². The van der Waals surface area contributed by atoms with Crippen LogP contribution in [0.2, 0.25) is 0 Å². The average molecular weight is 351 g/mol. The minimum atomic E-state index is -0.859. The Kier molecular flexibility index (Phi) is 4.29. The number of fused-ring (bicyclic) bond motifs is 1. The number of carboxylic acids is 1. The first kappa shape index (κ1) is 15.9. The van der Waals surface area contributed by atoms with Crippen LogP contribution in [0.3, 0.4) is 0 Å². The van der Waals surface area contributed by atoms with Gasteiger partial charge in [0.05, 0.1) is 5.69 Å². The molecule has 0 bridgehead atoms. The van der Waals surface area contributed by atoms with E-state index in [1.807, 2.05) is 42.6 Å². The van der Waals surface area contributed by atoms with E-state index in [4.69, 9.17) is 10.1 Å². The molecule has 6 heteroatoms. The molecule has 0 radical (unpaired) electrons. The van der Waals surface area contributed by atoms with E-state index in [0.717, 1.165) is 53.6 Å². The van der Waals surface area contributed by atoms with E-state index in [1.165, 1.54) is 11.3 Å². The van der Waals surface area contributed by atoms with Crippen molar-refractivity contribution >= 4 is 17.3 Å². The van der Waals surface area contributed by atoms with Crippen molar-refractivity contribution in [3.8, 4) is 11.4 Å². The van der Waals surface area contributed by atoms with E-state index in [9.17, 15) is 4.79 Å². The monoisotopic (exact) mass is 351 g/mol. The normalized spacial score (nSPS) is 14.2. The Morgan fingerprint density at radius 2 is 2.04 bits per heavy atom. The van der Waals surface area contributed by atoms with Crippen LogP contribution >= 0.6 is 11.3 Å². The highest BCUT2D eigenvalue weighted by Gasteiger charge is 2.20. The highest BCUT2D eigenvalue weighted by Crippen LogP contribution is 2.24. The molecule has 0 saturated carbocycles. The van der Waals surface area contributed by atoms with Gasteiger partial charge in [0, 0.05) is 48.3 Å². The largest absolute Gasteiger partial charge is 0.477 e. The molecule has 0 spiro atoms. The van der Waals surface area contributed by atoms with E-state index in [-0.39, 0.29) is 0 Å². The number of aromatic carboxylic acids is 1. The first-order valence-corrected chi connectivity index (χ1v) is 8.95. The van der Waals surface area contributed by atoms with Crippen LogP contribution in [0.1, 0.15) is 25.8 Å². The second-order valence-electron chi connectivity index (χ2n) is 6.06. The van der Waals surface area contributed by atoms with Crippen molar-refractivity contribution in [1.29, 1.82) is 0 Å². The zero-order valence-electron chi connectivity index (χ0n) is 13.6. The number of rotatable bonds is 4. The second kappa shape index (κ2) is 6.74. The highest BCUT2D eigenvalue weighted by molar-refractivity contribution is 7.13. The van der Waals surface area contributed by atoms with Gasteiger partial charge in [-0.1, -0.05) is 30.3 Å². The number of nitrogens with zero attached hydrogens (tertiary/aromatic N) is 3. The maximum atomic E-state index is 11.0. The predicted molar refractivity (Wildman–Crippen MR) is 96.6 cm³/mol. The van der Waals surface area contributed by atoms with Gasteiger partial charge in [0.15, 0.2) is 5.82 Å². The molecule has 1 aromatic carbocycles. The lowest BCUT2D eigenvalue weighted by Crippen LogP contribution is -2.30. The number of hydrogen-bond donors (Lipinski definition) is 1. The zero-order chi connectivity index (χ0) is 17.2. The Balaban J connectivity index is 1.49. The molecule has 0 amide bonds. The van der Waals surface area contributed by atoms with E-state index in [0.29, 0.717) is 4.88 Å². The fourth-order valence-corrected chi connectivity index (χ4v) is 3.92. The van der Waals surface area contributed by atoms with Gasteiger partial charge in [-0.25, -0.2) is 14.8 Å². The minimum Gasteiger partial charge on any atom is -0.477 e. The van der Waals surface area contributed by atoms with Gasteiger partial charge in [-0.05, 0) is 12.1 Å². The van der Waals surface area contributed by atoms with Crippen LogP contribution < -0.4 is 0 Å². The maximum Gasteiger partial charge on any atom is 0.345 e. The van der Waals surface area contributed by atoms with Crippen LogP contribution in [-0.2, 0) is 19.5 Å². The van der Waals surface area contributed by atoms with Crippen molar-refractivity contribution in [2.75, 3.05) is 6.54 Å². The first-order valence-electron chi connectivity index (χ1n) is 8.13. The topological polar surface area (TPSA) is 66.3 Å². The SMILES string of the molecule is O=C(O)c1ccc(CN2CCc3nc(-c4ccccc4)ncc3C2)s1. The van der Waals surface area contributed by atoms with Gasteiger partial charge < -0.3 is 5.11 Å². The molecule has 3 heterocycles. The number of benzene rings is 1. The summed E-state index contributed by atoms with van der Waals surface area (Å²) in [5, 5.41) is 9.03. The second-order valence-corrected chi connectivity index (χ2v) is 7.23. The third-order valence-corrected chi connectivity index (χ3v) is 5.35. The van der Waals surface area contributed by atoms with Crippen molar-refractivity contribution in [2.45, 2.75) is 19.5 Å². The van der Waals surface area contributed by atoms with Crippen LogP contribution in [0.25, 0.3) is 11.4 Å².